The number of hydrogen-bond donors (Lipinski definition) is 2. The van der Waals surface area contributed by atoms with Crippen LogP contribution in [0, 0.1) is 0 Å². The Hall–Kier alpha value is -1.81. The van der Waals surface area contributed by atoms with Crippen LogP contribution < -0.4 is 11.5 Å². The van der Waals surface area contributed by atoms with Gasteiger partial charge in [0.2, 0.25) is 5.89 Å². The Morgan fingerprint density at radius 3 is 2.86 bits per heavy atom. The number of oxazole rings is 1. The minimum Gasteiger partial charge on any atom is -0.444 e. The predicted molar refractivity (Wildman–Crippen MR) is 54.2 cm³/mol. The monoisotopic (exact) mass is 189 g/mol. The molecular formula is C10H11N3O. The van der Waals surface area contributed by atoms with E-state index in [4.69, 9.17) is 15.9 Å². The lowest BCUT2D eigenvalue weighted by atomic mass is 10.2. The molecule has 1 aromatic carbocycles. The maximum atomic E-state index is 5.64. The van der Waals surface area contributed by atoms with Crippen molar-refractivity contribution < 1.29 is 4.42 Å². The smallest absolute Gasteiger partial charge is 0.226 e. The number of hydrogen-bond acceptors (Lipinski definition) is 4. The summed E-state index contributed by atoms with van der Waals surface area (Å²) in [6, 6.07) is 7.38. The molecule has 4 N–H and O–H groups in total. The Kier molecular flexibility index (Phi) is 2.20. The van der Waals surface area contributed by atoms with Crippen molar-refractivity contribution in [1.29, 1.82) is 0 Å². The number of anilines is 1. The Balaban J connectivity index is 2.39. The van der Waals surface area contributed by atoms with Crippen LogP contribution in [0.4, 0.5) is 5.69 Å². The molecule has 72 valence electrons. The first kappa shape index (κ1) is 8.77. The molecule has 0 aliphatic heterocycles. The van der Waals surface area contributed by atoms with Crippen LogP contribution in [-0.4, -0.2) is 4.98 Å². The highest BCUT2D eigenvalue weighted by Crippen LogP contribution is 2.20. The van der Waals surface area contributed by atoms with E-state index in [0.717, 1.165) is 11.3 Å². The summed E-state index contributed by atoms with van der Waals surface area (Å²) in [5.41, 5.74) is 13.4. The number of nitrogens with zero attached hydrogens (tertiary/aromatic N) is 1. The first-order valence-electron chi connectivity index (χ1n) is 4.30. The van der Waals surface area contributed by atoms with Crippen molar-refractivity contribution >= 4 is 5.69 Å². The van der Waals surface area contributed by atoms with E-state index < -0.39 is 0 Å². The van der Waals surface area contributed by atoms with Crippen molar-refractivity contribution in [3.8, 4) is 11.5 Å². The zero-order valence-electron chi connectivity index (χ0n) is 7.60. The zero-order chi connectivity index (χ0) is 9.97. The van der Waals surface area contributed by atoms with Gasteiger partial charge in [-0.2, -0.15) is 0 Å². The SMILES string of the molecule is NCc1coc(-c2cccc(N)c2)n1. The van der Waals surface area contributed by atoms with Crippen molar-refractivity contribution in [1.82, 2.24) is 4.98 Å². The van der Waals surface area contributed by atoms with Crippen molar-refractivity contribution in [3.63, 3.8) is 0 Å². The second kappa shape index (κ2) is 3.51. The van der Waals surface area contributed by atoms with Gasteiger partial charge < -0.3 is 15.9 Å². The first-order valence-corrected chi connectivity index (χ1v) is 4.30. The maximum absolute atomic E-state index is 5.64. The molecule has 14 heavy (non-hydrogen) atoms. The van der Waals surface area contributed by atoms with Gasteiger partial charge in [-0.05, 0) is 18.2 Å². The van der Waals surface area contributed by atoms with Crippen molar-refractivity contribution in [2.45, 2.75) is 6.54 Å². The molecule has 0 saturated carbocycles. The van der Waals surface area contributed by atoms with Gasteiger partial charge in [-0.1, -0.05) is 6.07 Å². The number of aromatic nitrogens is 1. The highest BCUT2D eigenvalue weighted by molar-refractivity contribution is 5.59. The molecule has 4 nitrogen and oxygen atoms in total. The van der Waals surface area contributed by atoms with E-state index in [-0.39, 0.29) is 0 Å². The summed E-state index contributed by atoms with van der Waals surface area (Å²) in [7, 11) is 0. The lowest BCUT2D eigenvalue weighted by Gasteiger charge is -1.96. The highest BCUT2D eigenvalue weighted by Gasteiger charge is 2.05. The molecule has 0 radical (unpaired) electrons. The molecule has 0 bridgehead atoms. The molecule has 0 saturated heterocycles. The topological polar surface area (TPSA) is 78.1 Å². The van der Waals surface area contributed by atoms with Crippen LogP contribution in [-0.2, 0) is 6.54 Å². The summed E-state index contributed by atoms with van der Waals surface area (Å²) in [5.74, 6) is 0.553. The van der Waals surface area contributed by atoms with E-state index in [1.54, 1.807) is 6.26 Å². The lowest BCUT2D eigenvalue weighted by Crippen LogP contribution is -1.95. The molecule has 0 spiro atoms. The van der Waals surface area contributed by atoms with Crippen LogP contribution >= 0.6 is 0 Å². The molecule has 1 heterocycles. The Bertz CT molecular complexity index is 436. The summed E-state index contributed by atoms with van der Waals surface area (Å²) >= 11 is 0. The van der Waals surface area contributed by atoms with E-state index in [1.807, 2.05) is 24.3 Å². The molecule has 1 aromatic heterocycles. The molecule has 0 amide bonds. The van der Waals surface area contributed by atoms with Gasteiger partial charge in [0.1, 0.15) is 6.26 Å². The molecule has 0 aliphatic carbocycles. The second-order valence-corrected chi connectivity index (χ2v) is 2.97. The van der Waals surface area contributed by atoms with Gasteiger partial charge in [0.25, 0.3) is 0 Å². The first-order chi connectivity index (χ1) is 6.79. The van der Waals surface area contributed by atoms with Gasteiger partial charge in [0.05, 0.1) is 5.69 Å². The Labute approximate surface area is 81.5 Å². The quantitative estimate of drug-likeness (QED) is 0.699. The highest BCUT2D eigenvalue weighted by atomic mass is 16.3. The van der Waals surface area contributed by atoms with Crippen LogP contribution in [0.5, 0.6) is 0 Å². The van der Waals surface area contributed by atoms with Gasteiger partial charge in [-0.15, -0.1) is 0 Å². The fraction of sp³-hybridized carbons (Fsp3) is 0.100. The minimum absolute atomic E-state index is 0.381. The fourth-order valence-corrected chi connectivity index (χ4v) is 1.21. The summed E-state index contributed by atoms with van der Waals surface area (Å²) in [6.07, 6.45) is 1.55. The van der Waals surface area contributed by atoms with Gasteiger partial charge in [-0.25, -0.2) is 4.98 Å². The van der Waals surface area contributed by atoms with Gasteiger partial charge >= 0.3 is 0 Å². The predicted octanol–water partition coefficient (Wildman–Crippen LogP) is 1.38. The number of nitrogen functional groups attached to an aromatic ring is 1. The summed E-state index contributed by atoms with van der Waals surface area (Å²) in [5, 5.41) is 0. The van der Waals surface area contributed by atoms with Crippen LogP contribution in [0.1, 0.15) is 5.69 Å². The zero-order valence-corrected chi connectivity index (χ0v) is 7.60. The molecule has 0 fully saturated rings. The third-order valence-corrected chi connectivity index (χ3v) is 1.89. The fourth-order valence-electron chi connectivity index (χ4n) is 1.21. The standard InChI is InChI=1S/C10H11N3O/c11-5-9-6-14-10(13-9)7-2-1-3-8(12)4-7/h1-4,6H,5,11-12H2. The molecular weight excluding hydrogens is 178 g/mol. The van der Waals surface area contributed by atoms with Gasteiger partial charge in [0.15, 0.2) is 0 Å². The maximum Gasteiger partial charge on any atom is 0.226 e. The molecule has 0 aliphatic rings. The lowest BCUT2D eigenvalue weighted by molar-refractivity contribution is 0.572. The van der Waals surface area contributed by atoms with Gasteiger partial charge in [-0.3, -0.25) is 0 Å². The Morgan fingerprint density at radius 2 is 2.21 bits per heavy atom. The normalized spacial score (nSPS) is 10.4. The molecule has 2 rings (SSSR count). The third-order valence-electron chi connectivity index (χ3n) is 1.89. The van der Waals surface area contributed by atoms with Crippen LogP contribution in [0.2, 0.25) is 0 Å². The molecule has 0 atom stereocenters. The molecule has 0 unspecified atom stereocenters. The van der Waals surface area contributed by atoms with E-state index in [2.05, 4.69) is 4.98 Å². The number of benzene rings is 1. The van der Waals surface area contributed by atoms with E-state index in [0.29, 0.717) is 18.1 Å². The van der Waals surface area contributed by atoms with Crippen molar-refractivity contribution in [3.05, 3.63) is 36.2 Å². The third kappa shape index (κ3) is 1.60. The number of rotatable bonds is 2. The van der Waals surface area contributed by atoms with Crippen molar-refractivity contribution in [2.24, 2.45) is 5.73 Å². The van der Waals surface area contributed by atoms with E-state index in [1.165, 1.54) is 0 Å². The van der Waals surface area contributed by atoms with E-state index >= 15 is 0 Å². The summed E-state index contributed by atoms with van der Waals surface area (Å²) in [6.45, 7) is 0.381. The average molecular weight is 189 g/mol. The second-order valence-electron chi connectivity index (χ2n) is 2.97. The number of nitrogens with two attached hydrogens (primary N) is 2. The Morgan fingerprint density at radius 1 is 1.36 bits per heavy atom. The average Bonchev–Trinajstić information content (AvgIpc) is 2.66. The van der Waals surface area contributed by atoms with E-state index in [9.17, 15) is 0 Å². The minimum atomic E-state index is 0.381. The molecule has 2 aromatic rings. The van der Waals surface area contributed by atoms with Crippen LogP contribution in [0.3, 0.4) is 0 Å². The van der Waals surface area contributed by atoms with Crippen LogP contribution in [0.15, 0.2) is 34.9 Å². The van der Waals surface area contributed by atoms with Gasteiger partial charge in [0, 0.05) is 17.8 Å². The van der Waals surface area contributed by atoms with Crippen molar-refractivity contribution in [2.75, 3.05) is 5.73 Å². The largest absolute Gasteiger partial charge is 0.444 e. The van der Waals surface area contributed by atoms with Crippen LogP contribution in [0.25, 0.3) is 11.5 Å². The summed E-state index contributed by atoms with van der Waals surface area (Å²) < 4.78 is 5.25. The summed E-state index contributed by atoms with van der Waals surface area (Å²) in [4.78, 5) is 4.19. The molecule has 4 heteroatoms.